The van der Waals surface area contributed by atoms with Crippen LogP contribution in [0.25, 0.3) is 5.69 Å². The molecule has 2 aromatic rings. The van der Waals surface area contributed by atoms with Crippen molar-refractivity contribution in [2.45, 2.75) is 26.2 Å². The minimum Gasteiger partial charge on any atom is -0.229 e. The van der Waals surface area contributed by atoms with Crippen molar-refractivity contribution >= 4 is 9.84 Å². The molecule has 2 heterocycles. The highest BCUT2D eigenvalue weighted by Gasteiger charge is 2.33. The highest BCUT2D eigenvalue weighted by atomic mass is 32.2. The molecule has 1 aliphatic heterocycles. The number of hydrogen-bond acceptors (Lipinski definition) is 4. The molecule has 6 heteroatoms. The van der Waals surface area contributed by atoms with Crippen LogP contribution in [0.15, 0.2) is 24.3 Å². The first-order valence-corrected chi connectivity index (χ1v) is 8.48. The van der Waals surface area contributed by atoms with Gasteiger partial charge < -0.3 is 0 Å². The van der Waals surface area contributed by atoms with Crippen LogP contribution in [0.4, 0.5) is 0 Å². The highest BCUT2D eigenvalue weighted by Crippen LogP contribution is 2.29. The Labute approximate surface area is 118 Å². The second kappa shape index (κ2) is 4.70. The largest absolute Gasteiger partial charge is 0.229 e. The first-order valence-electron chi connectivity index (χ1n) is 6.66. The highest BCUT2D eigenvalue weighted by molar-refractivity contribution is 7.91. The minimum absolute atomic E-state index is 0.0548. The maximum atomic E-state index is 11.7. The van der Waals surface area contributed by atoms with Crippen LogP contribution in [0.5, 0.6) is 0 Å². The molecule has 1 aromatic heterocycles. The smallest absolute Gasteiger partial charge is 0.151 e. The lowest BCUT2D eigenvalue weighted by Crippen LogP contribution is -2.11. The van der Waals surface area contributed by atoms with Gasteiger partial charge in [0.05, 0.1) is 17.2 Å². The summed E-state index contributed by atoms with van der Waals surface area (Å²) in [5.74, 6) is 1.81. The lowest BCUT2D eigenvalue weighted by molar-refractivity contribution is 0.600. The van der Waals surface area contributed by atoms with Crippen LogP contribution < -0.4 is 0 Å². The van der Waals surface area contributed by atoms with E-state index in [2.05, 4.69) is 10.1 Å². The third kappa shape index (κ3) is 2.35. The third-order valence-electron chi connectivity index (χ3n) is 3.68. The molecular formula is C14H17N3O2S. The lowest BCUT2D eigenvalue weighted by Gasteiger charge is -2.11. The predicted octanol–water partition coefficient (Wildman–Crippen LogP) is 1.79. The summed E-state index contributed by atoms with van der Waals surface area (Å²) in [6, 6.07) is 7.93. The number of aryl methyl sites for hydroxylation is 2. The van der Waals surface area contributed by atoms with Crippen molar-refractivity contribution in [3.63, 3.8) is 0 Å². The van der Waals surface area contributed by atoms with E-state index in [-0.39, 0.29) is 17.4 Å². The van der Waals surface area contributed by atoms with E-state index in [1.54, 1.807) is 4.68 Å². The Morgan fingerprint density at radius 3 is 2.65 bits per heavy atom. The molecule has 1 atom stereocenters. The SMILES string of the molecule is Cc1nc(C2CCS(=O)(=O)C2)n(-c2ccccc2C)n1. The van der Waals surface area contributed by atoms with E-state index < -0.39 is 9.84 Å². The van der Waals surface area contributed by atoms with Crippen LogP contribution >= 0.6 is 0 Å². The fourth-order valence-electron chi connectivity index (χ4n) is 2.67. The summed E-state index contributed by atoms with van der Waals surface area (Å²) >= 11 is 0. The van der Waals surface area contributed by atoms with Crippen molar-refractivity contribution in [3.8, 4) is 5.69 Å². The number of para-hydroxylation sites is 1. The van der Waals surface area contributed by atoms with Gasteiger partial charge in [-0.2, -0.15) is 5.10 Å². The van der Waals surface area contributed by atoms with Crippen LogP contribution in [-0.4, -0.2) is 34.7 Å². The number of rotatable bonds is 2. The van der Waals surface area contributed by atoms with Gasteiger partial charge in [-0.15, -0.1) is 0 Å². The molecule has 20 heavy (non-hydrogen) atoms. The van der Waals surface area contributed by atoms with Crippen molar-refractivity contribution in [2.75, 3.05) is 11.5 Å². The van der Waals surface area contributed by atoms with E-state index in [0.29, 0.717) is 12.2 Å². The third-order valence-corrected chi connectivity index (χ3v) is 5.45. The Morgan fingerprint density at radius 1 is 1.25 bits per heavy atom. The van der Waals surface area contributed by atoms with E-state index in [9.17, 15) is 8.42 Å². The average molecular weight is 291 g/mol. The Hall–Kier alpha value is -1.69. The number of hydrogen-bond donors (Lipinski definition) is 0. The van der Waals surface area contributed by atoms with E-state index in [4.69, 9.17) is 0 Å². The molecule has 1 saturated heterocycles. The Bertz CT molecular complexity index is 750. The van der Waals surface area contributed by atoms with Gasteiger partial charge in [-0.05, 0) is 31.9 Å². The fraction of sp³-hybridized carbons (Fsp3) is 0.429. The first-order chi connectivity index (χ1) is 9.46. The molecular weight excluding hydrogens is 274 g/mol. The molecule has 3 rings (SSSR count). The Balaban J connectivity index is 2.08. The van der Waals surface area contributed by atoms with Crippen LogP contribution in [-0.2, 0) is 9.84 Å². The average Bonchev–Trinajstić information content (AvgIpc) is 2.93. The number of sulfone groups is 1. The van der Waals surface area contributed by atoms with Gasteiger partial charge in [0.1, 0.15) is 11.6 Å². The zero-order valence-corrected chi connectivity index (χ0v) is 12.4. The molecule has 0 aliphatic carbocycles. The van der Waals surface area contributed by atoms with Gasteiger partial charge in [0, 0.05) is 5.92 Å². The van der Waals surface area contributed by atoms with Crippen molar-refractivity contribution in [1.29, 1.82) is 0 Å². The van der Waals surface area contributed by atoms with E-state index in [1.165, 1.54) is 0 Å². The van der Waals surface area contributed by atoms with Crippen molar-refractivity contribution in [1.82, 2.24) is 14.8 Å². The fourth-order valence-corrected chi connectivity index (χ4v) is 4.41. The minimum atomic E-state index is -2.92. The normalized spacial score (nSPS) is 21.2. The summed E-state index contributed by atoms with van der Waals surface area (Å²) in [7, 11) is -2.92. The molecule has 1 aromatic carbocycles. The van der Waals surface area contributed by atoms with E-state index in [0.717, 1.165) is 17.1 Å². The number of nitrogens with zero attached hydrogens (tertiary/aromatic N) is 3. The van der Waals surface area contributed by atoms with Gasteiger partial charge in [-0.25, -0.2) is 18.1 Å². The zero-order valence-electron chi connectivity index (χ0n) is 11.6. The second-order valence-electron chi connectivity index (χ2n) is 5.32. The van der Waals surface area contributed by atoms with Gasteiger partial charge in [0.15, 0.2) is 9.84 Å². The molecule has 5 nitrogen and oxygen atoms in total. The zero-order chi connectivity index (χ0) is 14.3. The molecule has 0 bridgehead atoms. The lowest BCUT2D eigenvalue weighted by atomic mass is 10.1. The van der Waals surface area contributed by atoms with Gasteiger partial charge in [0.25, 0.3) is 0 Å². The Morgan fingerprint density at radius 2 is 2.00 bits per heavy atom. The van der Waals surface area contributed by atoms with Gasteiger partial charge >= 0.3 is 0 Å². The van der Waals surface area contributed by atoms with Crippen LogP contribution in [0.3, 0.4) is 0 Å². The number of benzene rings is 1. The molecule has 1 unspecified atom stereocenters. The van der Waals surface area contributed by atoms with Gasteiger partial charge in [-0.1, -0.05) is 18.2 Å². The summed E-state index contributed by atoms with van der Waals surface area (Å²) in [6.07, 6.45) is 0.631. The number of aromatic nitrogens is 3. The molecule has 106 valence electrons. The second-order valence-corrected chi connectivity index (χ2v) is 7.54. The summed E-state index contributed by atoms with van der Waals surface area (Å²) in [5.41, 5.74) is 2.06. The standard InChI is InChI=1S/C14H17N3O2S/c1-10-5-3-4-6-13(10)17-14(15-11(2)16-17)12-7-8-20(18,19)9-12/h3-6,12H,7-9H2,1-2H3. The Kier molecular flexibility index (Phi) is 3.12. The topological polar surface area (TPSA) is 64.8 Å². The molecule has 0 amide bonds. The van der Waals surface area contributed by atoms with E-state index in [1.807, 2.05) is 38.1 Å². The summed E-state index contributed by atoms with van der Waals surface area (Å²) in [6.45, 7) is 3.85. The molecule has 1 aliphatic rings. The summed E-state index contributed by atoms with van der Waals surface area (Å²) < 4.78 is 25.2. The maximum absolute atomic E-state index is 11.7. The first kappa shape index (κ1) is 13.3. The molecule has 0 N–H and O–H groups in total. The molecule has 0 spiro atoms. The van der Waals surface area contributed by atoms with Crippen molar-refractivity contribution < 1.29 is 8.42 Å². The monoisotopic (exact) mass is 291 g/mol. The van der Waals surface area contributed by atoms with Crippen molar-refractivity contribution in [2.24, 2.45) is 0 Å². The van der Waals surface area contributed by atoms with Crippen LogP contribution in [0, 0.1) is 13.8 Å². The quantitative estimate of drug-likeness (QED) is 0.846. The maximum Gasteiger partial charge on any atom is 0.151 e. The van der Waals surface area contributed by atoms with E-state index >= 15 is 0 Å². The summed E-state index contributed by atoms with van der Waals surface area (Å²) in [4.78, 5) is 4.46. The molecule has 0 saturated carbocycles. The van der Waals surface area contributed by atoms with Gasteiger partial charge in [-0.3, -0.25) is 0 Å². The summed E-state index contributed by atoms with van der Waals surface area (Å²) in [5, 5.41) is 4.44. The van der Waals surface area contributed by atoms with Crippen LogP contribution in [0.2, 0.25) is 0 Å². The van der Waals surface area contributed by atoms with Gasteiger partial charge in [0.2, 0.25) is 0 Å². The molecule has 1 fully saturated rings. The predicted molar refractivity (Wildman–Crippen MR) is 76.8 cm³/mol. The van der Waals surface area contributed by atoms with Crippen molar-refractivity contribution in [3.05, 3.63) is 41.5 Å². The van der Waals surface area contributed by atoms with Crippen LogP contribution in [0.1, 0.15) is 29.6 Å². The molecule has 0 radical (unpaired) electrons.